The van der Waals surface area contributed by atoms with Gasteiger partial charge in [0.2, 0.25) is 0 Å². The number of aryl methyl sites for hydroxylation is 2. The van der Waals surface area contributed by atoms with Crippen LogP contribution in [0.25, 0.3) is 0 Å². The minimum atomic E-state index is -4.85. The maximum absolute atomic E-state index is 14.9. The number of imide groups is 4. The van der Waals surface area contributed by atoms with Crippen LogP contribution < -0.4 is 9.80 Å². The minimum absolute atomic E-state index is 0.0154. The van der Waals surface area contributed by atoms with Crippen molar-refractivity contribution in [1.29, 1.82) is 0 Å². The first-order valence-electron chi connectivity index (χ1n) is 24.9. The second-order valence-electron chi connectivity index (χ2n) is 21.1. The molecule has 12 nitrogen and oxygen atoms in total. The normalized spacial score (nSPS) is 16.6. The number of anilines is 2. The van der Waals surface area contributed by atoms with Crippen molar-refractivity contribution in [2.24, 2.45) is 0 Å². The van der Waals surface area contributed by atoms with E-state index in [1.54, 1.807) is 13.8 Å². The Morgan fingerprint density at radius 2 is 0.557 bits per heavy atom. The molecule has 6 aromatic rings. The zero-order valence-corrected chi connectivity index (χ0v) is 45.3. The average molecular weight is 1080 g/mol. The second kappa shape index (κ2) is 18.3. The van der Waals surface area contributed by atoms with Gasteiger partial charge in [0.1, 0.15) is 10.8 Å². The first-order valence-corrected chi connectivity index (χ1v) is 24.9. The third-order valence-electron chi connectivity index (χ3n) is 17.1. The van der Waals surface area contributed by atoms with E-state index in [0.717, 1.165) is 102 Å². The summed E-state index contributed by atoms with van der Waals surface area (Å²) in [4.78, 5) is 108. The molecular formula is C61H52F6N4O8. The van der Waals surface area contributed by atoms with Crippen molar-refractivity contribution in [1.82, 2.24) is 9.80 Å². The van der Waals surface area contributed by atoms with Gasteiger partial charge >= 0.3 is 12.4 Å². The Hall–Kier alpha value is -8.54. The van der Waals surface area contributed by atoms with E-state index in [9.17, 15) is 64.7 Å². The van der Waals surface area contributed by atoms with Crippen molar-refractivity contribution in [3.8, 4) is 0 Å². The molecule has 18 heteroatoms. The molecule has 10 rings (SSSR count). The number of carbonyl (C=O) groups excluding carboxylic acids is 8. The molecular weight excluding hydrogens is 1030 g/mol. The summed E-state index contributed by atoms with van der Waals surface area (Å²) < 4.78 is 89.0. The van der Waals surface area contributed by atoms with E-state index in [1.807, 2.05) is 54.5 Å². The topological polar surface area (TPSA) is 150 Å². The van der Waals surface area contributed by atoms with Crippen LogP contribution in [0, 0.1) is 62.3 Å². The van der Waals surface area contributed by atoms with Gasteiger partial charge in [-0.25, -0.2) is 9.80 Å². The van der Waals surface area contributed by atoms with Crippen LogP contribution in [-0.2, 0) is 10.8 Å². The highest BCUT2D eigenvalue weighted by atomic mass is 19.4. The summed E-state index contributed by atoms with van der Waals surface area (Å²) in [6.07, 6.45) is -9.70. The lowest BCUT2D eigenvalue weighted by Gasteiger charge is -2.33. The van der Waals surface area contributed by atoms with Gasteiger partial charge in [-0.05, 0) is 197 Å². The average Bonchev–Trinajstić information content (AvgIpc) is 4.13. The summed E-state index contributed by atoms with van der Waals surface area (Å²) in [7, 11) is 2.53. The van der Waals surface area contributed by atoms with Crippen LogP contribution in [0.5, 0.6) is 0 Å². The van der Waals surface area contributed by atoms with Crippen LogP contribution in [0.4, 0.5) is 37.7 Å². The number of alkyl halides is 6. The molecule has 0 N–H and O–H groups in total. The number of rotatable bonds is 6. The van der Waals surface area contributed by atoms with Crippen LogP contribution in [0.1, 0.15) is 169 Å². The molecule has 79 heavy (non-hydrogen) atoms. The molecule has 4 aliphatic rings. The lowest BCUT2D eigenvalue weighted by atomic mass is 9.74. The van der Waals surface area contributed by atoms with Crippen molar-refractivity contribution in [3.63, 3.8) is 0 Å². The van der Waals surface area contributed by atoms with Gasteiger partial charge in [0.15, 0.2) is 0 Å². The Bertz CT molecular complexity index is 3830. The molecule has 8 amide bonds. The van der Waals surface area contributed by atoms with Gasteiger partial charge in [-0.1, -0.05) is 30.3 Å². The fourth-order valence-corrected chi connectivity index (χ4v) is 11.3. The SMILES string of the molecule is Cc1c(C)c(C)c(N2C(=O)c3ccc(C(C)(c4ccc5c(c4)C(=O)N(C)C5=O)C(F)(F)F)cc3C2=O)c(C)c1C.Cc1cc(C)c(N2C(=O)c3ccc(C(C)(c4ccc5c(c4)C(=O)N(C)C5=O)C(F)(F)F)cc3C2=O)c(C)c1C. The summed E-state index contributed by atoms with van der Waals surface area (Å²) >= 11 is 0. The highest BCUT2D eigenvalue weighted by Crippen LogP contribution is 2.50. The van der Waals surface area contributed by atoms with Crippen molar-refractivity contribution < 1.29 is 64.7 Å². The van der Waals surface area contributed by atoms with E-state index in [-0.39, 0.29) is 66.8 Å². The van der Waals surface area contributed by atoms with Crippen LogP contribution in [0.2, 0.25) is 0 Å². The van der Waals surface area contributed by atoms with Crippen LogP contribution >= 0.6 is 0 Å². The lowest BCUT2D eigenvalue weighted by molar-refractivity contribution is -0.173. The van der Waals surface area contributed by atoms with Gasteiger partial charge in [0, 0.05) is 14.1 Å². The molecule has 0 saturated heterocycles. The molecule has 0 saturated carbocycles. The molecule has 0 aromatic heterocycles. The molecule has 0 spiro atoms. The third-order valence-corrected chi connectivity index (χ3v) is 17.1. The number of hydrogen-bond donors (Lipinski definition) is 0. The molecule has 4 aliphatic heterocycles. The van der Waals surface area contributed by atoms with Gasteiger partial charge < -0.3 is 0 Å². The van der Waals surface area contributed by atoms with Gasteiger partial charge in [0.25, 0.3) is 47.3 Å². The number of benzene rings is 6. The molecule has 0 fully saturated rings. The number of hydrogen-bond acceptors (Lipinski definition) is 8. The minimum Gasteiger partial charge on any atom is -0.277 e. The maximum atomic E-state index is 14.9. The number of amides is 8. The first kappa shape index (κ1) is 55.2. The Morgan fingerprint density at radius 1 is 0.304 bits per heavy atom. The Morgan fingerprint density at radius 3 is 0.886 bits per heavy atom. The molecule has 406 valence electrons. The number of halogens is 6. The Kier molecular flexibility index (Phi) is 12.8. The van der Waals surface area contributed by atoms with Crippen molar-refractivity contribution in [2.75, 3.05) is 23.9 Å². The lowest BCUT2D eigenvalue weighted by Crippen LogP contribution is -2.41. The largest absolute Gasteiger partial charge is 0.402 e. The molecule has 0 aliphatic carbocycles. The van der Waals surface area contributed by atoms with Crippen molar-refractivity contribution in [3.05, 3.63) is 196 Å². The van der Waals surface area contributed by atoms with Gasteiger partial charge in [0.05, 0.1) is 55.9 Å². The zero-order chi connectivity index (χ0) is 58.4. The number of fused-ring (bicyclic) bond motifs is 4. The summed E-state index contributed by atoms with van der Waals surface area (Å²) in [5.74, 6) is -5.16. The molecule has 6 aromatic carbocycles. The highest BCUT2D eigenvalue weighted by Gasteiger charge is 2.56. The smallest absolute Gasteiger partial charge is 0.277 e. The van der Waals surface area contributed by atoms with Crippen molar-refractivity contribution >= 4 is 58.6 Å². The fraction of sp³-hybridized carbons (Fsp3) is 0.279. The maximum Gasteiger partial charge on any atom is 0.402 e. The Balaban J connectivity index is 0.000000192. The van der Waals surface area contributed by atoms with E-state index in [0.29, 0.717) is 16.9 Å². The van der Waals surface area contributed by atoms with Crippen LogP contribution in [0.15, 0.2) is 78.9 Å². The number of carbonyl (C=O) groups is 8. The standard InChI is InChI=1S/C31H27F3N2O4.C30H25F3N2O4/c1-14-15(2)17(4)25(18(5)16(14)3)36-28(39)22-11-9-20(13-24(22)29(36)40)30(6,31(32,33)34)19-8-10-21-23(12-19)27(38)35(7)26(21)37;1-14-11-15(2)24(17(4)16(14)3)35-27(38)21-10-8-19(13-23(21)28(35)39)29(5,30(31,32)33)18-7-9-20-22(12-18)26(37)34(6)25(20)36/h8-13H,1-7H3;7-13H,1-6H3. The van der Waals surface area contributed by atoms with E-state index in [4.69, 9.17) is 0 Å². The Labute approximate surface area is 450 Å². The summed E-state index contributed by atoms with van der Waals surface area (Å²) in [5.41, 5.74) is 1.85. The number of nitrogens with zero attached hydrogens (tertiary/aromatic N) is 4. The van der Waals surface area contributed by atoms with Crippen LogP contribution in [-0.4, -0.2) is 83.5 Å². The molecule has 2 unspecified atom stereocenters. The predicted molar refractivity (Wildman–Crippen MR) is 281 cm³/mol. The molecule has 4 heterocycles. The van der Waals surface area contributed by atoms with E-state index < -0.39 is 70.4 Å². The van der Waals surface area contributed by atoms with E-state index in [1.165, 1.54) is 62.6 Å². The van der Waals surface area contributed by atoms with E-state index in [2.05, 4.69) is 0 Å². The quantitative estimate of drug-likeness (QED) is 0.118. The molecule has 0 radical (unpaired) electrons. The predicted octanol–water partition coefficient (Wildman–Crippen LogP) is 11.9. The monoisotopic (exact) mass is 1080 g/mol. The highest BCUT2D eigenvalue weighted by molar-refractivity contribution is 6.36. The first-order chi connectivity index (χ1) is 36.6. The van der Waals surface area contributed by atoms with Gasteiger partial charge in [-0.3, -0.25) is 48.2 Å². The zero-order valence-electron chi connectivity index (χ0n) is 45.3. The second-order valence-corrected chi connectivity index (χ2v) is 21.1. The fourth-order valence-electron chi connectivity index (χ4n) is 11.3. The van der Waals surface area contributed by atoms with Gasteiger partial charge in [-0.2, -0.15) is 26.3 Å². The van der Waals surface area contributed by atoms with Crippen LogP contribution in [0.3, 0.4) is 0 Å². The summed E-state index contributed by atoms with van der Waals surface area (Å²) in [6, 6.07) is 15.9. The molecule has 0 bridgehead atoms. The van der Waals surface area contributed by atoms with Crippen molar-refractivity contribution in [2.45, 2.75) is 99.3 Å². The summed E-state index contributed by atoms with van der Waals surface area (Å²) in [5, 5.41) is 0. The van der Waals surface area contributed by atoms with Gasteiger partial charge in [-0.15, -0.1) is 0 Å². The summed E-state index contributed by atoms with van der Waals surface area (Å²) in [6.45, 7) is 18.7. The van der Waals surface area contributed by atoms with E-state index >= 15 is 0 Å². The molecule has 2 atom stereocenters. The third kappa shape index (κ3) is 7.79.